The summed E-state index contributed by atoms with van der Waals surface area (Å²) in [6, 6.07) is 11.6. The first-order valence-corrected chi connectivity index (χ1v) is 10.3. The van der Waals surface area contributed by atoms with Gasteiger partial charge in [-0.25, -0.2) is 16.8 Å². The summed E-state index contributed by atoms with van der Waals surface area (Å²) in [5, 5.41) is 0. The lowest BCUT2D eigenvalue weighted by Gasteiger charge is -2.21. The molecule has 0 fully saturated rings. The molecule has 6 nitrogen and oxygen atoms in total. The van der Waals surface area contributed by atoms with E-state index >= 15 is 0 Å². The predicted octanol–water partition coefficient (Wildman–Crippen LogP) is 2.27. The van der Waals surface area contributed by atoms with Gasteiger partial charge in [-0.3, -0.25) is 4.79 Å². The van der Waals surface area contributed by atoms with Gasteiger partial charge in [0.25, 0.3) is 20.0 Å². The van der Waals surface area contributed by atoms with Gasteiger partial charge in [0.15, 0.2) is 0 Å². The van der Waals surface area contributed by atoms with Gasteiger partial charge in [-0.05, 0) is 45.0 Å². The average molecular weight is 381 g/mol. The number of nitrogens with zero attached hydrogens (tertiary/aromatic N) is 1. The zero-order chi connectivity index (χ0) is 18.8. The Labute approximate surface area is 148 Å². The largest absolute Gasteiger partial charge is 0.298 e. The first-order chi connectivity index (χ1) is 11.5. The predicted molar refractivity (Wildman–Crippen MR) is 94.1 cm³/mol. The van der Waals surface area contributed by atoms with Crippen LogP contribution in [0.15, 0.2) is 58.3 Å². The Morgan fingerprint density at radius 1 is 0.760 bits per heavy atom. The number of Topliss-reactive ketones (excluding diaryl/α,β-unsaturated/α-hetero) is 1. The molecule has 0 saturated carbocycles. The van der Waals surface area contributed by atoms with Gasteiger partial charge in [-0.2, -0.15) is 0 Å². The smallest absolute Gasteiger partial charge is 0.256 e. The summed E-state index contributed by atoms with van der Waals surface area (Å²) < 4.78 is 51.7. The number of ketones is 1. The first-order valence-electron chi connectivity index (χ1n) is 7.46. The van der Waals surface area contributed by atoms with E-state index in [0.29, 0.717) is 0 Å². The van der Waals surface area contributed by atoms with Gasteiger partial charge < -0.3 is 0 Å². The fourth-order valence-electron chi connectivity index (χ4n) is 2.14. The number of hydrogen-bond donors (Lipinski definition) is 0. The Kier molecular flexibility index (Phi) is 5.46. The fourth-order valence-corrected chi connectivity index (χ4v) is 5.82. The van der Waals surface area contributed by atoms with Gasteiger partial charge >= 0.3 is 0 Å². The van der Waals surface area contributed by atoms with Crippen LogP contribution in [0.1, 0.15) is 18.1 Å². The summed E-state index contributed by atoms with van der Waals surface area (Å²) >= 11 is 0. The maximum atomic E-state index is 12.9. The zero-order valence-corrected chi connectivity index (χ0v) is 15.8. The minimum Gasteiger partial charge on any atom is -0.298 e. The minimum absolute atomic E-state index is 0.185. The number of carbonyl (C=O) groups excluding carboxylic acids is 1. The number of aryl methyl sites for hydroxylation is 2. The SMILES string of the molecule is CC(=O)CN(S(=O)(=O)c1ccc(C)cc1)S(=O)(=O)c1ccc(C)cc1. The van der Waals surface area contributed by atoms with Crippen molar-refractivity contribution in [3.63, 3.8) is 0 Å². The van der Waals surface area contributed by atoms with E-state index < -0.39 is 32.4 Å². The average Bonchev–Trinajstić information content (AvgIpc) is 2.53. The molecule has 2 rings (SSSR count). The monoisotopic (exact) mass is 381 g/mol. The molecular formula is C17H19NO5S2. The molecule has 0 aliphatic carbocycles. The van der Waals surface area contributed by atoms with Gasteiger partial charge in [0.2, 0.25) is 0 Å². The Balaban J connectivity index is 2.60. The van der Waals surface area contributed by atoms with Crippen LogP contribution in [0.3, 0.4) is 0 Å². The molecule has 8 heteroatoms. The van der Waals surface area contributed by atoms with Crippen molar-refractivity contribution in [1.29, 1.82) is 0 Å². The lowest BCUT2D eigenvalue weighted by Crippen LogP contribution is -2.40. The second-order valence-corrected chi connectivity index (χ2v) is 9.72. The van der Waals surface area contributed by atoms with Crippen molar-refractivity contribution in [2.24, 2.45) is 0 Å². The Hall–Kier alpha value is -2.03. The number of carbonyl (C=O) groups is 1. The molecule has 25 heavy (non-hydrogen) atoms. The van der Waals surface area contributed by atoms with Crippen LogP contribution in [-0.2, 0) is 24.8 Å². The molecule has 0 saturated heterocycles. The van der Waals surface area contributed by atoms with Crippen molar-refractivity contribution >= 4 is 25.8 Å². The van der Waals surface area contributed by atoms with Gasteiger partial charge in [0.1, 0.15) is 5.78 Å². The summed E-state index contributed by atoms with van der Waals surface area (Å²) in [4.78, 5) is 11.2. The van der Waals surface area contributed by atoms with Crippen molar-refractivity contribution in [2.75, 3.05) is 6.54 Å². The molecule has 0 aliphatic heterocycles. The molecule has 0 atom stereocenters. The van der Waals surface area contributed by atoms with Crippen LogP contribution < -0.4 is 0 Å². The molecule has 0 radical (unpaired) electrons. The van der Waals surface area contributed by atoms with E-state index in [1.807, 2.05) is 0 Å². The van der Waals surface area contributed by atoms with E-state index in [-0.39, 0.29) is 13.5 Å². The van der Waals surface area contributed by atoms with Crippen LogP contribution >= 0.6 is 0 Å². The summed E-state index contributed by atoms with van der Waals surface area (Å²) in [6.07, 6.45) is 0. The number of sulfonamides is 2. The van der Waals surface area contributed by atoms with Crippen molar-refractivity contribution in [3.8, 4) is 0 Å². The maximum Gasteiger partial charge on any atom is 0.256 e. The normalized spacial score (nSPS) is 12.3. The molecule has 0 heterocycles. The Morgan fingerprint density at radius 2 is 1.08 bits per heavy atom. The van der Waals surface area contributed by atoms with Gasteiger partial charge in [-0.15, -0.1) is 0 Å². The van der Waals surface area contributed by atoms with Crippen LogP contribution in [-0.4, -0.2) is 32.9 Å². The van der Waals surface area contributed by atoms with Gasteiger partial charge in [-0.1, -0.05) is 39.1 Å². The molecule has 0 unspecified atom stereocenters. The summed E-state index contributed by atoms with van der Waals surface area (Å²) in [7, 11) is -8.81. The Morgan fingerprint density at radius 3 is 1.36 bits per heavy atom. The molecule has 0 amide bonds. The molecule has 2 aromatic rings. The highest BCUT2D eigenvalue weighted by Crippen LogP contribution is 2.24. The van der Waals surface area contributed by atoms with Crippen LogP contribution in [0.25, 0.3) is 0 Å². The third kappa shape index (κ3) is 4.15. The molecule has 2 aromatic carbocycles. The van der Waals surface area contributed by atoms with Crippen LogP contribution in [0.4, 0.5) is 0 Å². The van der Waals surface area contributed by atoms with Crippen molar-refractivity contribution in [2.45, 2.75) is 30.6 Å². The van der Waals surface area contributed by atoms with Crippen molar-refractivity contribution in [1.82, 2.24) is 3.71 Å². The molecule has 0 N–H and O–H groups in total. The number of benzene rings is 2. The van der Waals surface area contributed by atoms with E-state index in [1.165, 1.54) is 24.3 Å². The summed E-state index contributed by atoms with van der Waals surface area (Å²) in [6.45, 7) is 3.95. The van der Waals surface area contributed by atoms with Crippen LogP contribution in [0.5, 0.6) is 0 Å². The van der Waals surface area contributed by atoms with E-state index in [9.17, 15) is 21.6 Å². The van der Waals surface area contributed by atoms with E-state index in [2.05, 4.69) is 0 Å². The van der Waals surface area contributed by atoms with E-state index in [4.69, 9.17) is 0 Å². The first kappa shape index (κ1) is 19.3. The Bertz CT molecular complexity index is 901. The van der Waals surface area contributed by atoms with Gasteiger partial charge in [0, 0.05) is 0 Å². The highest BCUT2D eigenvalue weighted by atomic mass is 32.3. The molecule has 0 bridgehead atoms. The third-order valence-electron chi connectivity index (χ3n) is 3.53. The zero-order valence-electron chi connectivity index (χ0n) is 14.1. The van der Waals surface area contributed by atoms with E-state index in [0.717, 1.165) is 18.1 Å². The second-order valence-electron chi connectivity index (χ2n) is 5.77. The number of hydrogen-bond acceptors (Lipinski definition) is 5. The van der Waals surface area contributed by atoms with Crippen LogP contribution in [0.2, 0.25) is 0 Å². The molecular weight excluding hydrogens is 362 g/mol. The van der Waals surface area contributed by atoms with Crippen molar-refractivity contribution < 1.29 is 21.6 Å². The minimum atomic E-state index is -4.40. The fraction of sp³-hybridized carbons (Fsp3) is 0.235. The van der Waals surface area contributed by atoms with Crippen molar-refractivity contribution in [3.05, 3.63) is 59.7 Å². The lowest BCUT2D eigenvalue weighted by molar-refractivity contribution is -0.116. The number of rotatable bonds is 6. The maximum absolute atomic E-state index is 12.9. The van der Waals surface area contributed by atoms with E-state index in [1.54, 1.807) is 38.1 Å². The standard InChI is InChI=1S/C17H19NO5S2/c1-13-4-8-16(9-5-13)24(20,21)18(12-15(3)19)25(22,23)17-10-6-14(2)7-11-17/h4-11H,12H2,1-3H3. The molecule has 0 aliphatic rings. The molecule has 0 spiro atoms. The quantitative estimate of drug-likeness (QED) is 0.766. The second kappa shape index (κ2) is 7.07. The topological polar surface area (TPSA) is 88.6 Å². The molecule has 0 aromatic heterocycles. The summed E-state index contributed by atoms with van der Waals surface area (Å²) in [5.74, 6) is -0.577. The third-order valence-corrected chi connectivity index (χ3v) is 7.77. The van der Waals surface area contributed by atoms with Gasteiger partial charge in [0.05, 0.1) is 16.3 Å². The lowest BCUT2D eigenvalue weighted by atomic mass is 10.2. The highest BCUT2D eigenvalue weighted by molar-refractivity contribution is 8.04. The molecule has 134 valence electrons. The summed E-state index contributed by atoms with van der Waals surface area (Å²) in [5.41, 5.74) is 1.66. The van der Waals surface area contributed by atoms with Crippen LogP contribution in [0, 0.1) is 13.8 Å². The highest BCUT2D eigenvalue weighted by Gasteiger charge is 2.37.